The van der Waals surface area contributed by atoms with Gasteiger partial charge < -0.3 is 10.0 Å². The van der Waals surface area contributed by atoms with Crippen LogP contribution in [0.1, 0.15) is 39.5 Å². The first-order chi connectivity index (χ1) is 10.2. The summed E-state index contributed by atoms with van der Waals surface area (Å²) >= 11 is 0. The Kier molecular flexibility index (Phi) is 6.45. The smallest absolute Gasteiger partial charge is 0.240 e. The van der Waals surface area contributed by atoms with Crippen LogP contribution in [0.2, 0.25) is 0 Å². The second-order valence-corrected chi connectivity index (χ2v) is 6.38. The standard InChI is InChI=1S/C16H31N3O2/c1-3-7-18-8-5-6-15(18)16(21)19-11-9-17(10-12-19)13-14(20)4-2/h14-15,20H,3-13H2,1-2H3/t14-,15-/m1/s1. The molecular weight excluding hydrogens is 266 g/mol. The average Bonchev–Trinajstić information content (AvgIpc) is 2.96. The Morgan fingerprint density at radius 3 is 2.52 bits per heavy atom. The average molecular weight is 297 g/mol. The van der Waals surface area contributed by atoms with E-state index in [1.807, 2.05) is 11.8 Å². The first-order valence-corrected chi connectivity index (χ1v) is 8.59. The normalized spacial score (nSPS) is 26.2. The number of hydrogen-bond donors (Lipinski definition) is 1. The molecule has 122 valence electrons. The highest BCUT2D eigenvalue weighted by atomic mass is 16.3. The van der Waals surface area contributed by atoms with Gasteiger partial charge in [-0.3, -0.25) is 14.6 Å². The van der Waals surface area contributed by atoms with E-state index in [4.69, 9.17) is 0 Å². The van der Waals surface area contributed by atoms with Crippen LogP contribution < -0.4 is 0 Å². The predicted octanol–water partition coefficient (Wildman–Crippen LogP) is 0.776. The molecule has 2 atom stereocenters. The summed E-state index contributed by atoms with van der Waals surface area (Å²) in [6.07, 6.45) is 3.86. The molecule has 0 spiro atoms. The number of nitrogens with zero attached hydrogens (tertiary/aromatic N) is 3. The fraction of sp³-hybridized carbons (Fsp3) is 0.938. The third-order valence-electron chi connectivity index (χ3n) is 4.78. The van der Waals surface area contributed by atoms with Gasteiger partial charge in [-0.1, -0.05) is 13.8 Å². The van der Waals surface area contributed by atoms with Crippen molar-refractivity contribution >= 4 is 5.91 Å². The maximum absolute atomic E-state index is 12.7. The molecule has 21 heavy (non-hydrogen) atoms. The monoisotopic (exact) mass is 297 g/mol. The summed E-state index contributed by atoms with van der Waals surface area (Å²) in [6, 6.07) is 0.123. The number of rotatable bonds is 6. The summed E-state index contributed by atoms with van der Waals surface area (Å²) in [5.74, 6) is 0.330. The lowest BCUT2D eigenvalue weighted by Gasteiger charge is -2.37. The molecule has 2 saturated heterocycles. The predicted molar refractivity (Wildman–Crippen MR) is 84.2 cm³/mol. The molecule has 0 aliphatic carbocycles. The minimum Gasteiger partial charge on any atom is -0.392 e. The van der Waals surface area contributed by atoms with Crippen molar-refractivity contribution in [2.24, 2.45) is 0 Å². The van der Waals surface area contributed by atoms with Gasteiger partial charge in [0.25, 0.3) is 0 Å². The van der Waals surface area contributed by atoms with Crippen LogP contribution in [0, 0.1) is 0 Å². The van der Waals surface area contributed by atoms with E-state index in [0.29, 0.717) is 5.91 Å². The third kappa shape index (κ3) is 4.41. The Morgan fingerprint density at radius 2 is 1.90 bits per heavy atom. The van der Waals surface area contributed by atoms with Gasteiger partial charge in [0.1, 0.15) is 0 Å². The van der Waals surface area contributed by atoms with Gasteiger partial charge in [0.15, 0.2) is 0 Å². The fourth-order valence-corrected chi connectivity index (χ4v) is 3.45. The lowest BCUT2D eigenvalue weighted by Crippen LogP contribution is -2.54. The Morgan fingerprint density at radius 1 is 1.19 bits per heavy atom. The number of aliphatic hydroxyl groups is 1. The van der Waals surface area contributed by atoms with E-state index in [0.717, 1.165) is 71.5 Å². The zero-order valence-corrected chi connectivity index (χ0v) is 13.6. The zero-order chi connectivity index (χ0) is 15.2. The Balaban J connectivity index is 1.80. The van der Waals surface area contributed by atoms with Gasteiger partial charge in [-0.2, -0.15) is 0 Å². The Labute approximate surface area is 128 Å². The lowest BCUT2D eigenvalue weighted by molar-refractivity contribution is -0.137. The number of β-amino-alcohol motifs (C(OH)–C–C–N with tert-alkyl or cyclic N) is 1. The SMILES string of the molecule is CCCN1CCC[C@@H]1C(=O)N1CCN(C[C@H](O)CC)CC1. The highest BCUT2D eigenvalue weighted by Crippen LogP contribution is 2.20. The van der Waals surface area contributed by atoms with Gasteiger partial charge in [0, 0.05) is 32.7 Å². The zero-order valence-electron chi connectivity index (χ0n) is 13.6. The van der Waals surface area contributed by atoms with Crippen molar-refractivity contribution in [2.45, 2.75) is 51.7 Å². The van der Waals surface area contributed by atoms with Gasteiger partial charge in [-0.25, -0.2) is 0 Å². The topological polar surface area (TPSA) is 47.0 Å². The van der Waals surface area contributed by atoms with E-state index < -0.39 is 0 Å². The van der Waals surface area contributed by atoms with E-state index in [9.17, 15) is 9.90 Å². The number of carbonyl (C=O) groups is 1. The van der Waals surface area contributed by atoms with E-state index in [1.54, 1.807) is 0 Å². The van der Waals surface area contributed by atoms with Crippen molar-refractivity contribution in [1.82, 2.24) is 14.7 Å². The van der Waals surface area contributed by atoms with Crippen molar-refractivity contribution in [3.63, 3.8) is 0 Å². The van der Waals surface area contributed by atoms with Crippen LogP contribution in [0.25, 0.3) is 0 Å². The molecule has 0 radical (unpaired) electrons. The van der Waals surface area contributed by atoms with Crippen LogP contribution in [0.5, 0.6) is 0 Å². The maximum Gasteiger partial charge on any atom is 0.240 e. The molecule has 2 aliphatic rings. The minimum atomic E-state index is -0.234. The van der Waals surface area contributed by atoms with Gasteiger partial charge in [-0.05, 0) is 38.8 Å². The quantitative estimate of drug-likeness (QED) is 0.787. The largest absolute Gasteiger partial charge is 0.392 e. The molecule has 1 N–H and O–H groups in total. The molecule has 0 aromatic heterocycles. The van der Waals surface area contributed by atoms with Crippen molar-refractivity contribution in [3.05, 3.63) is 0 Å². The molecule has 2 fully saturated rings. The molecule has 2 heterocycles. The van der Waals surface area contributed by atoms with E-state index >= 15 is 0 Å². The number of likely N-dealkylation sites (tertiary alicyclic amines) is 1. The number of amides is 1. The molecule has 2 rings (SSSR count). The summed E-state index contributed by atoms with van der Waals surface area (Å²) in [5, 5.41) is 9.72. The lowest BCUT2D eigenvalue weighted by atomic mass is 10.1. The van der Waals surface area contributed by atoms with Crippen LogP contribution >= 0.6 is 0 Å². The highest BCUT2D eigenvalue weighted by molar-refractivity contribution is 5.82. The summed E-state index contributed by atoms with van der Waals surface area (Å²) < 4.78 is 0. The molecule has 2 aliphatic heterocycles. The second kappa shape index (κ2) is 8.11. The first kappa shape index (κ1) is 16.7. The molecule has 5 heteroatoms. The number of carbonyl (C=O) groups excluding carboxylic acids is 1. The van der Waals surface area contributed by atoms with Crippen molar-refractivity contribution in [1.29, 1.82) is 0 Å². The van der Waals surface area contributed by atoms with E-state index in [-0.39, 0.29) is 12.1 Å². The minimum absolute atomic E-state index is 0.123. The second-order valence-electron chi connectivity index (χ2n) is 6.38. The molecule has 0 unspecified atom stereocenters. The van der Waals surface area contributed by atoms with Gasteiger partial charge in [0.2, 0.25) is 5.91 Å². The molecular formula is C16H31N3O2. The van der Waals surface area contributed by atoms with Crippen molar-refractivity contribution in [3.8, 4) is 0 Å². The van der Waals surface area contributed by atoms with Gasteiger partial charge in [-0.15, -0.1) is 0 Å². The number of aliphatic hydroxyl groups excluding tert-OH is 1. The van der Waals surface area contributed by atoms with Crippen molar-refractivity contribution in [2.75, 3.05) is 45.8 Å². The fourth-order valence-electron chi connectivity index (χ4n) is 3.45. The Hall–Kier alpha value is -0.650. The molecule has 5 nitrogen and oxygen atoms in total. The molecule has 0 aromatic carbocycles. The summed E-state index contributed by atoms with van der Waals surface area (Å²) in [6.45, 7) is 10.4. The van der Waals surface area contributed by atoms with Crippen LogP contribution in [-0.2, 0) is 4.79 Å². The van der Waals surface area contributed by atoms with Crippen LogP contribution in [-0.4, -0.2) is 83.7 Å². The molecule has 0 saturated carbocycles. The highest BCUT2D eigenvalue weighted by Gasteiger charge is 2.34. The summed E-state index contributed by atoms with van der Waals surface area (Å²) in [5.41, 5.74) is 0. The van der Waals surface area contributed by atoms with Crippen molar-refractivity contribution < 1.29 is 9.90 Å². The molecule has 0 aromatic rings. The van der Waals surface area contributed by atoms with Gasteiger partial charge >= 0.3 is 0 Å². The van der Waals surface area contributed by atoms with Crippen LogP contribution in [0.3, 0.4) is 0 Å². The maximum atomic E-state index is 12.7. The van der Waals surface area contributed by atoms with Gasteiger partial charge in [0.05, 0.1) is 12.1 Å². The summed E-state index contributed by atoms with van der Waals surface area (Å²) in [7, 11) is 0. The number of piperazine rings is 1. The number of hydrogen-bond acceptors (Lipinski definition) is 4. The molecule has 0 bridgehead atoms. The third-order valence-corrected chi connectivity index (χ3v) is 4.78. The van der Waals surface area contributed by atoms with Crippen LogP contribution in [0.15, 0.2) is 0 Å². The van der Waals surface area contributed by atoms with E-state index in [1.165, 1.54) is 0 Å². The first-order valence-electron chi connectivity index (χ1n) is 8.59. The van der Waals surface area contributed by atoms with E-state index in [2.05, 4.69) is 16.7 Å². The Bertz CT molecular complexity index is 329. The molecule has 1 amide bonds. The van der Waals surface area contributed by atoms with Crippen LogP contribution in [0.4, 0.5) is 0 Å². The summed E-state index contributed by atoms with van der Waals surface area (Å²) in [4.78, 5) is 19.4.